The number of carbonyl (C=O) groups is 3. The molecule has 2 saturated heterocycles. The molecule has 0 aliphatic carbocycles. The van der Waals surface area contributed by atoms with E-state index in [1.54, 1.807) is 6.07 Å². The molecule has 4 N–H and O–H groups in total. The molecular formula is C16H20N2O5S. The topological polar surface area (TPSA) is 119 Å². The van der Waals surface area contributed by atoms with Gasteiger partial charge in [-0.1, -0.05) is 13.8 Å². The largest absolute Gasteiger partial charge is 0.481 e. The van der Waals surface area contributed by atoms with Crippen LogP contribution in [-0.4, -0.2) is 35.1 Å². The van der Waals surface area contributed by atoms with Gasteiger partial charge in [0.2, 0.25) is 5.91 Å². The minimum atomic E-state index is -1.02. The molecular weight excluding hydrogens is 332 g/mol. The van der Waals surface area contributed by atoms with Crippen LogP contribution in [0, 0.1) is 11.8 Å². The van der Waals surface area contributed by atoms with Crippen LogP contribution in [0.1, 0.15) is 47.8 Å². The molecule has 2 aliphatic rings. The molecule has 24 heavy (non-hydrogen) atoms. The zero-order valence-electron chi connectivity index (χ0n) is 13.4. The lowest BCUT2D eigenvalue weighted by molar-refractivity contribution is -0.147. The summed E-state index contributed by atoms with van der Waals surface area (Å²) in [6.07, 6.45) is 0.553. The van der Waals surface area contributed by atoms with Crippen molar-refractivity contribution in [3.63, 3.8) is 0 Å². The predicted octanol–water partition coefficient (Wildman–Crippen LogP) is 1.79. The number of ether oxygens (including phenoxy) is 1. The van der Waals surface area contributed by atoms with Crippen LogP contribution in [0.5, 0.6) is 0 Å². The normalized spacial score (nSPS) is 28.3. The third kappa shape index (κ3) is 2.80. The number of thiophene rings is 1. The summed E-state index contributed by atoms with van der Waals surface area (Å²) < 4.78 is 5.61. The van der Waals surface area contributed by atoms with Gasteiger partial charge in [0.1, 0.15) is 5.00 Å². The van der Waals surface area contributed by atoms with Crippen LogP contribution < -0.4 is 11.1 Å². The lowest BCUT2D eigenvalue weighted by Crippen LogP contribution is -2.41. The summed E-state index contributed by atoms with van der Waals surface area (Å²) in [4.78, 5) is 36.7. The smallest absolute Gasteiger partial charge is 0.310 e. The Bertz CT molecular complexity index is 699. The van der Waals surface area contributed by atoms with Crippen molar-refractivity contribution in [1.29, 1.82) is 0 Å². The summed E-state index contributed by atoms with van der Waals surface area (Å²) in [5, 5.41) is 12.5. The summed E-state index contributed by atoms with van der Waals surface area (Å²) in [7, 11) is 0. The van der Waals surface area contributed by atoms with Gasteiger partial charge >= 0.3 is 5.97 Å². The Morgan fingerprint density at radius 1 is 1.29 bits per heavy atom. The van der Waals surface area contributed by atoms with Crippen LogP contribution in [0.25, 0.3) is 0 Å². The molecule has 7 nitrogen and oxygen atoms in total. The number of hydrogen-bond donors (Lipinski definition) is 3. The highest BCUT2D eigenvalue weighted by atomic mass is 32.1. The molecule has 0 spiro atoms. The van der Waals surface area contributed by atoms with E-state index in [-0.39, 0.29) is 17.6 Å². The van der Waals surface area contributed by atoms with Gasteiger partial charge in [0.05, 0.1) is 29.6 Å². The van der Waals surface area contributed by atoms with Crippen LogP contribution in [0.3, 0.4) is 0 Å². The van der Waals surface area contributed by atoms with Crippen LogP contribution in [0.15, 0.2) is 6.07 Å². The summed E-state index contributed by atoms with van der Waals surface area (Å²) in [6.45, 7) is 3.96. The highest BCUT2D eigenvalue weighted by Crippen LogP contribution is 2.44. The van der Waals surface area contributed by atoms with E-state index in [0.717, 1.165) is 4.88 Å². The molecule has 0 unspecified atom stereocenters. The van der Waals surface area contributed by atoms with Gasteiger partial charge < -0.3 is 20.9 Å². The molecule has 8 heteroatoms. The summed E-state index contributed by atoms with van der Waals surface area (Å²) >= 11 is 1.29. The lowest BCUT2D eigenvalue weighted by atomic mass is 9.79. The van der Waals surface area contributed by atoms with Crippen LogP contribution >= 0.6 is 11.3 Å². The fourth-order valence-corrected chi connectivity index (χ4v) is 4.56. The minimum Gasteiger partial charge on any atom is -0.481 e. The third-order valence-corrected chi connectivity index (χ3v) is 6.03. The summed E-state index contributed by atoms with van der Waals surface area (Å²) in [5.74, 6) is -3.46. The first-order valence-electron chi connectivity index (χ1n) is 7.92. The molecule has 0 radical (unpaired) electrons. The number of nitrogens with two attached hydrogens (primary N) is 1. The third-order valence-electron chi connectivity index (χ3n) is 4.68. The second-order valence-corrected chi connectivity index (χ2v) is 7.66. The quantitative estimate of drug-likeness (QED) is 0.746. The van der Waals surface area contributed by atoms with E-state index in [2.05, 4.69) is 5.32 Å². The fraction of sp³-hybridized carbons (Fsp3) is 0.562. The Morgan fingerprint density at radius 3 is 2.46 bits per heavy atom. The first kappa shape index (κ1) is 16.9. The highest BCUT2D eigenvalue weighted by Gasteiger charge is 2.55. The zero-order chi connectivity index (χ0) is 17.6. The van der Waals surface area contributed by atoms with Crippen molar-refractivity contribution in [2.75, 3.05) is 5.32 Å². The number of carboxylic acids is 1. The number of carbonyl (C=O) groups excluding carboxylic acids is 2. The number of hydrogen-bond acceptors (Lipinski definition) is 5. The van der Waals surface area contributed by atoms with E-state index in [4.69, 9.17) is 10.5 Å². The van der Waals surface area contributed by atoms with Crippen molar-refractivity contribution in [3.8, 4) is 0 Å². The van der Waals surface area contributed by atoms with E-state index < -0.39 is 35.7 Å². The van der Waals surface area contributed by atoms with Gasteiger partial charge in [0.15, 0.2) is 0 Å². The lowest BCUT2D eigenvalue weighted by Gasteiger charge is -2.23. The van der Waals surface area contributed by atoms with E-state index >= 15 is 0 Å². The Hall–Kier alpha value is -1.93. The molecule has 1 aromatic heterocycles. The first-order chi connectivity index (χ1) is 11.3. The zero-order valence-corrected chi connectivity index (χ0v) is 14.3. The summed E-state index contributed by atoms with van der Waals surface area (Å²) in [6, 6.07) is 1.68. The van der Waals surface area contributed by atoms with Gasteiger partial charge in [0.25, 0.3) is 5.91 Å². The van der Waals surface area contributed by atoms with Crippen LogP contribution in [-0.2, 0) is 14.3 Å². The van der Waals surface area contributed by atoms with E-state index in [0.29, 0.717) is 17.8 Å². The molecule has 3 rings (SSSR count). The van der Waals surface area contributed by atoms with Crippen molar-refractivity contribution in [2.24, 2.45) is 17.6 Å². The first-order valence-corrected chi connectivity index (χ1v) is 8.74. The maximum Gasteiger partial charge on any atom is 0.310 e. The summed E-state index contributed by atoms with van der Waals surface area (Å²) in [5.41, 5.74) is 5.65. The number of rotatable bonds is 5. The average Bonchev–Trinajstić information content (AvgIpc) is 3.19. The van der Waals surface area contributed by atoms with Crippen LogP contribution in [0.4, 0.5) is 5.00 Å². The molecule has 130 valence electrons. The van der Waals surface area contributed by atoms with Crippen molar-refractivity contribution in [1.82, 2.24) is 0 Å². The molecule has 0 aromatic carbocycles. The number of amides is 2. The average molecular weight is 352 g/mol. The molecule has 0 saturated carbocycles. The minimum absolute atomic E-state index is 0.191. The van der Waals surface area contributed by atoms with Crippen molar-refractivity contribution in [2.45, 2.75) is 44.8 Å². The van der Waals surface area contributed by atoms with Gasteiger partial charge in [-0.2, -0.15) is 0 Å². The maximum absolute atomic E-state index is 12.7. The van der Waals surface area contributed by atoms with E-state index in [9.17, 15) is 19.5 Å². The molecule has 4 atom stereocenters. The second-order valence-electron chi connectivity index (χ2n) is 6.58. The Morgan fingerprint density at radius 2 is 1.92 bits per heavy atom. The van der Waals surface area contributed by atoms with Gasteiger partial charge in [-0.05, 0) is 24.8 Å². The second kappa shape index (κ2) is 6.18. The molecule has 2 amide bonds. The number of fused-ring (bicyclic) bond motifs is 2. The Labute approximate surface area is 143 Å². The molecule has 3 heterocycles. The van der Waals surface area contributed by atoms with E-state index in [1.807, 2.05) is 13.8 Å². The number of aliphatic carboxylic acids is 1. The standard InChI is InChI=1S/C16H20N2O5S/c1-6(2)10-5-7(13(17)19)15(24-10)18-14(20)11-8-3-4-9(23-8)12(11)16(21)22/h5-6,8-9,11-12H,3-4H2,1-2H3,(H2,17,19)(H,18,20)(H,21,22)/t8-,9-,11-,12+/m1/s1. The van der Waals surface area contributed by atoms with Crippen molar-refractivity contribution < 1.29 is 24.2 Å². The Kier molecular flexibility index (Phi) is 4.35. The molecule has 1 aromatic rings. The fourth-order valence-electron chi connectivity index (χ4n) is 3.49. The highest BCUT2D eigenvalue weighted by molar-refractivity contribution is 7.16. The molecule has 2 bridgehead atoms. The number of nitrogens with one attached hydrogen (secondary N) is 1. The number of primary amides is 1. The van der Waals surface area contributed by atoms with Crippen molar-refractivity contribution >= 4 is 34.1 Å². The van der Waals surface area contributed by atoms with E-state index in [1.165, 1.54) is 11.3 Å². The van der Waals surface area contributed by atoms with Crippen LogP contribution in [0.2, 0.25) is 0 Å². The predicted molar refractivity (Wildman–Crippen MR) is 88.1 cm³/mol. The van der Waals surface area contributed by atoms with Gasteiger partial charge in [0, 0.05) is 4.88 Å². The monoisotopic (exact) mass is 352 g/mol. The van der Waals surface area contributed by atoms with Gasteiger partial charge in [-0.25, -0.2) is 0 Å². The van der Waals surface area contributed by atoms with Crippen molar-refractivity contribution in [3.05, 3.63) is 16.5 Å². The molecule has 2 fully saturated rings. The van der Waals surface area contributed by atoms with Gasteiger partial charge in [-0.15, -0.1) is 11.3 Å². The number of carboxylic acid groups (broad SMARTS) is 1. The SMILES string of the molecule is CC(C)c1cc(C(N)=O)c(NC(=O)[C@H]2[C@@H](C(=O)O)[C@H]3CC[C@H]2O3)s1. The van der Waals surface area contributed by atoms with Gasteiger partial charge in [-0.3, -0.25) is 14.4 Å². The Balaban J connectivity index is 1.84. The number of anilines is 1. The maximum atomic E-state index is 12.7. The molecule has 2 aliphatic heterocycles.